The van der Waals surface area contributed by atoms with Crippen LogP contribution in [-0.2, 0) is 0 Å². The maximum Gasteiger partial charge on any atom is 0.263 e. The predicted octanol–water partition coefficient (Wildman–Crippen LogP) is 2.98. The highest BCUT2D eigenvalue weighted by Crippen LogP contribution is 2.25. The normalized spacial score (nSPS) is 13.0. The van der Waals surface area contributed by atoms with Crippen molar-refractivity contribution in [1.29, 1.82) is 0 Å². The van der Waals surface area contributed by atoms with Gasteiger partial charge in [-0.1, -0.05) is 0 Å². The van der Waals surface area contributed by atoms with E-state index in [2.05, 4.69) is 26.2 Å². The van der Waals surface area contributed by atoms with Gasteiger partial charge in [-0.25, -0.2) is 4.98 Å². The molecule has 1 N–H and O–H groups in total. The molecule has 5 heteroatoms. The van der Waals surface area contributed by atoms with Gasteiger partial charge < -0.3 is 14.2 Å². The smallest absolute Gasteiger partial charge is 0.263 e. The molecule has 0 aliphatic carbocycles. The average Bonchev–Trinajstić information content (AvgIpc) is 2.84. The summed E-state index contributed by atoms with van der Waals surface area (Å²) in [7, 11) is 1.88. The van der Waals surface area contributed by atoms with Gasteiger partial charge in [-0.05, 0) is 42.0 Å². The van der Waals surface area contributed by atoms with Crippen LogP contribution in [0.2, 0.25) is 0 Å². The summed E-state index contributed by atoms with van der Waals surface area (Å²) < 4.78 is 11.3. The molecule has 2 aromatic rings. The fourth-order valence-corrected chi connectivity index (χ4v) is 1.48. The van der Waals surface area contributed by atoms with Crippen molar-refractivity contribution in [2.75, 3.05) is 7.05 Å². The Morgan fingerprint density at radius 2 is 2.27 bits per heavy atom. The van der Waals surface area contributed by atoms with E-state index in [4.69, 9.17) is 8.83 Å². The van der Waals surface area contributed by atoms with E-state index in [1.54, 1.807) is 12.3 Å². The van der Waals surface area contributed by atoms with Crippen LogP contribution < -0.4 is 5.32 Å². The summed E-state index contributed by atoms with van der Waals surface area (Å²) in [6, 6.07) is 3.78. The van der Waals surface area contributed by atoms with E-state index in [0.29, 0.717) is 16.3 Å². The summed E-state index contributed by atoms with van der Waals surface area (Å²) in [5.74, 6) is 1.12. The Kier molecular flexibility index (Phi) is 2.93. The third kappa shape index (κ3) is 2.13. The standard InChI is InChI=1S/C10H11BrN2O2/c1-6(12-2)7-5-14-10(13-7)8-3-4-9(11)15-8/h3-6,12H,1-2H3. The van der Waals surface area contributed by atoms with Crippen molar-refractivity contribution in [3.8, 4) is 11.7 Å². The highest BCUT2D eigenvalue weighted by atomic mass is 79.9. The van der Waals surface area contributed by atoms with E-state index in [-0.39, 0.29) is 6.04 Å². The van der Waals surface area contributed by atoms with Crippen LogP contribution >= 0.6 is 15.9 Å². The molecule has 0 aliphatic heterocycles. The molecule has 1 atom stereocenters. The average molecular weight is 271 g/mol. The summed E-state index contributed by atoms with van der Waals surface area (Å²) in [6.07, 6.45) is 1.63. The number of halogens is 1. The first-order chi connectivity index (χ1) is 7.20. The van der Waals surface area contributed by atoms with Crippen molar-refractivity contribution in [2.45, 2.75) is 13.0 Å². The quantitative estimate of drug-likeness (QED) is 0.932. The monoisotopic (exact) mass is 270 g/mol. The van der Waals surface area contributed by atoms with Gasteiger partial charge >= 0.3 is 0 Å². The first-order valence-electron chi connectivity index (χ1n) is 4.59. The van der Waals surface area contributed by atoms with Crippen LogP contribution in [0.1, 0.15) is 18.7 Å². The number of oxazole rings is 1. The largest absolute Gasteiger partial charge is 0.444 e. The van der Waals surface area contributed by atoms with Crippen LogP contribution in [0, 0.1) is 0 Å². The van der Waals surface area contributed by atoms with Gasteiger partial charge in [-0.3, -0.25) is 0 Å². The lowest BCUT2D eigenvalue weighted by atomic mass is 10.3. The van der Waals surface area contributed by atoms with Gasteiger partial charge in [-0.15, -0.1) is 0 Å². The maximum absolute atomic E-state index is 5.34. The lowest BCUT2D eigenvalue weighted by molar-refractivity contribution is 0.504. The molecule has 2 heterocycles. The second-order valence-electron chi connectivity index (χ2n) is 3.19. The van der Waals surface area contributed by atoms with Gasteiger partial charge in [0, 0.05) is 6.04 Å². The Bertz CT molecular complexity index is 450. The molecule has 0 bridgehead atoms. The minimum atomic E-state index is 0.168. The van der Waals surface area contributed by atoms with Gasteiger partial charge in [0.1, 0.15) is 6.26 Å². The molecule has 0 saturated heterocycles. The number of aromatic nitrogens is 1. The third-order valence-electron chi connectivity index (χ3n) is 2.18. The fourth-order valence-electron chi connectivity index (χ4n) is 1.18. The molecule has 0 radical (unpaired) electrons. The van der Waals surface area contributed by atoms with Crippen LogP contribution in [-0.4, -0.2) is 12.0 Å². The van der Waals surface area contributed by atoms with E-state index in [1.807, 2.05) is 20.0 Å². The van der Waals surface area contributed by atoms with Crippen molar-refractivity contribution in [3.63, 3.8) is 0 Å². The van der Waals surface area contributed by atoms with Crippen LogP contribution in [0.5, 0.6) is 0 Å². The molecule has 2 rings (SSSR count). The van der Waals surface area contributed by atoms with E-state index < -0.39 is 0 Å². The van der Waals surface area contributed by atoms with Crippen LogP contribution in [0.25, 0.3) is 11.7 Å². The number of hydrogen-bond donors (Lipinski definition) is 1. The molecule has 0 aromatic carbocycles. The van der Waals surface area contributed by atoms with E-state index in [1.165, 1.54) is 0 Å². The van der Waals surface area contributed by atoms with Crippen molar-refractivity contribution in [2.24, 2.45) is 0 Å². The summed E-state index contributed by atoms with van der Waals surface area (Å²) >= 11 is 3.23. The zero-order valence-corrected chi connectivity index (χ0v) is 10.0. The first-order valence-corrected chi connectivity index (χ1v) is 5.38. The van der Waals surface area contributed by atoms with Gasteiger partial charge in [0.2, 0.25) is 0 Å². The summed E-state index contributed by atoms with van der Waals surface area (Å²) in [5, 5.41) is 3.09. The van der Waals surface area contributed by atoms with E-state index in [9.17, 15) is 0 Å². The Morgan fingerprint density at radius 1 is 1.47 bits per heavy atom. The Morgan fingerprint density at radius 3 is 2.87 bits per heavy atom. The number of furan rings is 1. The molecule has 0 amide bonds. The number of nitrogens with one attached hydrogen (secondary N) is 1. The van der Waals surface area contributed by atoms with Crippen molar-refractivity contribution >= 4 is 15.9 Å². The third-order valence-corrected chi connectivity index (χ3v) is 2.61. The fraction of sp³-hybridized carbons (Fsp3) is 0.300. The zero-order chi connectivity index (χ0) is 10.8. The van der Waals surface area contributed by atoms with Crippen molar-refractivity contribution < 1.29 is 8.83 Å². The van der Waals surface area contributed by atoms with Crippen molar-refractivity contribution in [1.82, 2.24) is 10.3 Å². The van der Waals surface area contributed by atoms with Gasteiger partial charge in [0.25, 0.3) is 5.89 Å². The molecule has 0 saturated carbocycles. The van der Waals surface area contributed by atoms with Crippen LogP contribution in [0.4, 0.5) is 0 Å². The Balaban J connectivity index is 2.27. The zero-order valence-electron chi connectivity index (χ0n) is 8.45. The topological polar surface area (TPSA) is 51.2 Å². The Hall–Kier alpha value is -1.07. The molecule has 4 nitrogen and oxygen atoms in total. The lowest BCUT2D eigenvalue weighted by Gasteiger charge is -2.03. The number of hydrogen-bond acceptors (Lipinski definition) is 4. The van der Waals surface area contributed by atoms with Crippen molar-refractivity contribution in [3.05, 3.63) is 28.8 Å². The SMILES string of the molecule is CNC(C)c1coc(-c2ccc(Br)o2)n1. The molecule has 0 spiro atoms. The second kappa shape index (κ2) is 4.20. The Labute approximate surface area is 95.8 Å². The second-order valence-corrected chi connectivity index (χ2v) is 3.97. The van der Waals surface area contributed by atoms with Gasteiger partial charge in [-0.2, -0.15) is 0 Å². The lowest BCUT2D eigenvalue weighted by Crippen LogP contribution is -2.12. The number of nitrogens with zero attached hydrogens (tertiary/aromatic N) is 1. The molecular weight excluding hydrogens is 260 g/mol. The minimum Gasteiger partial charge on any atom is -0.444 e. The molecular formula is C10H11BrN2O2. The van der Waals surface area contributed by atoms with Crippen LogP contribution in [0.15, 0.2) is 31.9 Å². The molecule has 0 fully saturated rings. The van der Waals surface area contributed by atoms with E-state index >= 15 is 0 Å². The predicted molar refractivity (Wildman–Crippen MR) is 59.4 cm³/mol. The molecule has 80 valence electrons. The highest BCUT2D eigenvalue weighted by molar-refractivity contribution is 9.10. The van der Waals surface area contributed by atoms with Crippen LogP contribution in [0.3, 0.4) is 0 Å². The minimum absolute atomic E-state index is 0.168. The first kappa shape index (κ1) is 10.4. The number of rotatable bonds is 3. The van der Waals surface area contributed by atoms with Gasteiger partial charge in [0.05, 0.1) is 5.69 Å². The molecule has 15 heavy (non-hydrogen) atoms. The molecule has 0 aliphatic rings. The van der Waals surface area contributed by atoms with E-state index in [0.717, 1.165) is 5.69 Å². The summed E-state index contributed by atoms with van der Waals surface area (Å²) in [6.45, 7) is 2.01. The highest BCUT2D eigenvalue weighted by Gasteiger charge is 2.13. The van der Waals surface area contributed by atoms with Gasteiger partial charge in [0.15, 0.2) is 10.4 Å². The molecule has 2 aromatic heterocycles. The summed E-state index contributed by atoms with van der Waals surface area (Å²) in [4.78, 5) is 4.32. The molecule has 1 unspecified atom stereocenters. The maximum atomic E-state index is 5.34. The summed E-state index contributed by atoms with van der Waals surface area (Å²) in [5.41, 5.74) is 0.861.